The minimum absolute atomic E-state index is 0.0878. The van der Waals surface area contributed by atoms with Crippen LogP contribution in [0.1, 0.15) is 30.5 Å². The molecule has 2 aromatic carbocycles. The van der Waals surface area contributed by atoms with E-state index in [-0.39, 0.29) is 6.04 Å². The standard InChI is InChI=1S/C17H18F2IN/c1-2-7-21-17(8-12-3-5-16(20)6-4-12)13-9-14(18)11-15(19)10-13/h3-6,9-11,17,21H,2,7-8H2,1H3. The minimum Gasteiger partial charge on any atom is -0.310 e. The van der Waals surface area contributed by atoms with Gasteiger partial charge in [0.05, 0.1) is 0 Å². The molecule has 2 rings (SSSR count). The van der Waals surface area contributed by atoms with Crippen LogP contribution >= 0.6 is 22.6 Å². The lowest BCUT2D eigenvalue weighted by molar-refractivity contribution is 0.515. The zero-order valence-electron chi connectivity index (χ0n) is 11.9. The highest BCUT2D eigenvalue weighted by atomic mass is 127. The maximum Gasteiger partial charge on any atom is 0.126 e. The average Bonchev–Trinajstić information content (AvgIpc) is 2.44. The molecular weight excluding hydrogens is 383 g/mol. The Morgan fingerprint density at radius 2 is 1.67 bits per heavy atom. The molecule has 0 aliphatic heterocycles. The summed E-state index contributed by atoms with van der Waals surface area (Å²) in [7, 11) is 0. The Morgan fingerprint density at radius 1 is 1.05 bits per heavy atom. The van der Waals surface area contributed by atoms with E-state index >= 15 is 0 Å². The number of hydrogen-bond acceptors (Lipinski definition) is 1. The van der Waals surface area contributed by atoms with Crippen LogP contribution in [-0.2, 0) is 6.42 Å². The van der Waals surface area contributed by atoms with Gasteiger partial charge in [-0.3, -0.25) is 0 Å². The van der Waals surface area contributed by atoms with Gasteiger partial charge in [-0.05, 0) is 77.4 Å². The second kappa shape index (κ2) is 7.84. The summed E-state index contributed by atoms with van der Waals surface area (Å²) in [5.41, 5.74) is 1.80. The fraction of sp³-hybridized carbons (Fsp3) is 0.294. The van der Waals surface area contributed by atoms with E-state index < -0.39 is 11.6 Å². The number of nitrogens with one attached hydrogen (secondary N) is 1. The first-order valence-corrected chi connectivity index (χ1v) is 8.10. The summed E-state index contributed by atoms with van der Waals surface area (Å²) in [4.78, 5) is 0. The molecule has 112 valence electrons. The molecule has 4 heteroatoms. The molecule has 1 N–H and O–H groups in total. The van der Waals surface area contributed by atoms with Gasteiger partial charge in [0.25, 0.3) is 0 Å². The van der Waals surface area contributed by atoms with Crippen molar-refractivity contribution in [1.82, 2.24) is 5.32 Å². The molecule has 0 heterocycles. The van der Waals surface area contributed by atoms with Gasteiger partial charge < -0.3 is 5.32 Å². The van der Waals surface area contributed by atoms with Crippen LogP contribution < -0.4 is 5.32 Å². The average molecular weight is 401 g/mol. The summed E-state index contributed by atoms with van der Waals surface area (Å²) >= 11 is 2.26. The summed E-state index contributed by atoms with van der Waals surface area (Å²) in [6.45, 7) is 2.88. The summed E-state index contributed by atoms with van der Waals surface area (Å²) in [6.07, 6.45) is 1.68. The molecule has 0 saturated carbocycles. The zero-order chi connectivity index (χ0) is 15.2. The highest BCUT2D eigenvalue weighted by Gasteiger charge is 2.14. The van der Waals surface area contributed by atoms with Crippen molar-refractivity contribution >= 4 is 22.6 Å². The predicted octanol–water partition coefficient (Wildman–Crippen LogP) is 4.85. The van der Waals surface area contributed by atoms with Crippen molar-refractivity contribution in [3.05, 3.63) is 68.8 Å². The van der Waals surface area contributed by atoms with E-state index in [1.165, 1.54) is 15.7 Å². The van der Waals surface area contributed by atoms with Gasteiger partial charge in [-0.25, -0.2) is 8.78 Å². The topological polar surface area (TPSA) is 12.0 Å². The Hall–Kier alpha value is -1.01. The molecule has 0 fully saturated rings. The van der Waals surface area contributed by atoms with Crippen LogP contribution in [-0.4, -0.2) is 6.54 Å². The molecule has 2 aromatic rings. The largest absolute Gasteiger partial charge is 0.310 e. The van der Waals surface area contributed by atoms with Crippen molar-refractivity contribution in [2.24, 2.45) is 0 Å². The third-order valence-corrected chi connectivity index (χ3v) is 4.00. The lowest BCUT2D eigenvalue weighted by Gasteiger charge is -2.19. The number of halogens is 3. The lowest BCUT2D eigenvalue weighted by atomic mass is 9.98. The highest BCUT2D eigenvalue weighted by Crippen LogP contribution is 2.21. The molecule has 0 saturated heterocycles. The van der Waals surface area contributed by atoms with E-state index in [1.54, 1.807) is 0 Å². The maximum absolute atomic E-state index is 13.4. The van der Waals surface area contributed by atoms with E-state index in [2.05, 4.69) is 47.0 Å². The maximum atomic E-state index is 13.4. The summed E-state index contributed by atoms with van der Waals surface area (Å²) in [5.74, 6) is -1.06. The van der Waals surface area contributed by atoms with Gasteiger partial charge in [-0.15, -0.1) is 0 Å². The third kappa shape index (κ3) is 5.04. The summed E-state index contributed by atoms with van der Waals surface area (Å²) < 4.78 is 28.0. The van der Waals surface area contributed by atoms with Gasteiger partial charge in [0.1, 0.15) is 11.6 Å². The number of benzene rings is 2. The van der Waals surface area contributed by atoms with Crippen molar-refractivity contribution in [3.63, 3.8) is 0 Å². The van der Waals surface area contributed by atoms with Crippen LogP contribution in [0.15, 0.2) is 42.5 Å². The van der Waals surface area contributed by atoms with Crippen molar-refractivity contribution < 1.29 is 8.78 Å². The van der Waals surface area contributed by atoms with Crippen LogP contribution in [0.3, 0.4) is 0 Å². The molecule has 0 aliphatic rings. The fourth-order valence-electron chi connectivity index (χ4n) is 2.26. The lowest BCUT2D eigenvalue weighted by Crippen LogP contribution is -2.24. The second-order valence-corrected chi connectivity index (χ2v) is 6.29. The van der Waals surface area contributed by atoms with Crippen molar-refractivity contribution in [3.8, 4) is 0 Å². The third-order valence-electron chi connectivity index (χ3n) is 3.28. The molecule has 1 unspecified atom stereocenters. The molecule has 1 nitrogen and oxygen atoms in total. The van der Waals surface area contributed by atoms with Gasteiger partial charge in [-0.2, -0.15) is 0 Å². The van der Waals surface area contributed by atoms with Gasteiger partial charge in [0, 0.05) is 15.7 Å². The molecule has 0 amide bonds. The van der Waals surface area contributed by atoms with E-state index in [0.717, 1.165) is 24.6 Å². The summed E-state index contributed by atoms with van der Waals surface area (Å²) in [6, 6.07) is 11.8. The second-order valence-electron chi connectivity index (χ2n) is 5.04. The zero-order valence-corrected chi connectivity index (χ0v) is 14.0. The van der Waals surface area contributed by atoms with Crippen molar-refractivity contribution in [2.75, 3.05) is 6.54 Å². The van der Waals surface area contributed by atoms with Crippen LogP contribution in [0.5, 0.6) is 0 Å². The Labute approximate surface area is 137 Å². The van der Waals surface area contributed by atoms with Crippen molar-refractivity contribution in [1.29, 1.82) is 0 Å². The van der Waals surface area contributed by atoms with Gasteiger partial charge in [0.15, 0.2) is 0 Å². The van der Waals surface area contributed by atoms with E-state index in [0.29, 0.717) is 12.0 Å². The Balaban J connectivity index is 2.22. The number of hydrogen-bond donors (Lipinski definition) is 1. The minimum atomic E-state index is -0.532. The van der Waals surface area contributed by atoms with Gasteiger partial charge in [-0.1, -0.05) is 19.1 Å². The van der Waals surface area contributed by atoms with Crippen LogP contribution in [0.2, 0.25) is 0 Å². The molecule has 21 heavy (non-hydrogen) atoms. The monoisotopic (exact) mass is 401 g/mol. The van der Waals surface area contributed by atoms with Gasteiger partial charge >= 0.3 is 0 Å². The highest BCUT2D eigenvalue weighted by molar-refractivity contribution is 14.1. The molecule has 0 aliphatic carbocycles. The van der Waals surface area contributed by atoms with E-state index in [4.69, 9.17) is 0 Å². The molecule has 0 spiro atoms. The molecule has 1 atom stereocenters. The van der Waals surface area contributed by atoms with Crippen molar-refractivity contribution in [2.45, 2.75) is 25.8 Å². The van der Waals surface area contributed by atoms with Crippen LogP contribution in [0.25, 0.3) is 0 Å². The first kappa shape index (κ1) is 16.4. The molecule has 0 aromatic heterocycles. The molecule has 0 bridgehead atoms. The predicted molar refractivity (Wildman–Crippen MR) is 90.3 cm³/mol. The quantitative estimate of drug-likeness (QED) is 0.683. The Morgan fingerprint density at radius 3 is 2.24 bits per heavy atom. The first-order valence-electron chi connectivity index (χ1n) is 7.02. The fourth-order valence-corrected chi connectivity index (χ4v) is 2.62. The first-order chi connectivity index (χ1) is 10.1. The van der Waals surface area contributed by atoms with E-state index in [9.17, 15) is 8.78 Å². The normalized spacial score (nSPS) is 12.4. The molecule has 0 radical (unpaired) electrons. The SMILES string of the molecule is CCCNC(Cc1ccc(I)cc1)c1cc(F)cc(F)c1. The van der Waals surface area contributed by atoms with Crippen LogP contribution in [0.4, 0.5) is 8.78 Å². The Bertz CT molecular complexity index is 564. The number of rotatable bonds is 6. The summed E-state index contributed by atoms with van der Waals surface area (Å²) in [5, 5.41) is 3.37. The molecular formula is C17H18F2IN. The van der Waals surface area contributed by atoms with Crippen LogP contribution in [0, 0.1) is 15.2 Å². The van der Waals surface area contributed by atoms with Gasteiger partial charge in [0.2, 0.25) is 0 Å². The smallest absolute Gasteiger partial charge is 0.126 e. The van der Waals surface area contributed by atoms with E-state index in [1.807, 2.05) is 12.1 Å². The Kier molecular flexibility index (Phi) is 6.11.